The van der Waals surface area contributed by atoms with Crippen LogP contribution < -0.4 is 11.5 Å². The fraction of sp³-hybridized carbons (Fsp3) is 0.857. The molecule has 60 valence electrons. The molecule has 1 aliphatic rings. The minimum atomic E-state index is -0.333. The van der Waals surface area contributed by atoms with Crippen molar-refractivity contribution in [3.8, 4) is 0 Å². The Labute approximate surface area is 62.3 Å². The molecule has 0 unspecified atom stereocenters. The van der Waals surface area contributed by atoms with Gasteiger partial charge in [0.05, 0.1) is 0 Å². The Morgan fingerprint density at radius 3 is 1.00 bits per heavy atom. The van der Waals surface area contributed by atoms with E-state index in [1.54, 1.807) is 0 Å². The lowest BCUT2D eigenvalue weighted by Crippen LogP contribution is -2.20. The van der Waals surface area contributed by atoms with Crippen LogP contribution in [0.1, 0.15) is 38.5 Å². The summed E-state index contributed by atoms with van der Waals surface area (Å²) in [5, 5.41) is 6.06. The summed E-state index contributed by atoms with van der Waals surface area (Å²) >= 11 is 0. The highest BCUT2D eigenvalue weighted by Gasteiger charge is 1.95. The molecule has 3 nitrogen and oxygen atoms in total. The monoisotopic (exact) mass is 143 g/mol. The maximum absolute atomic E-state index is 6.06. The predicted octanol–water partition coefficient (Wildman–Crippen LogP) is 1.18. The molecule has 0 aliphatic heterocycles. The SMILES string of the molecule is C1CCCCC1.N=C(N)N. The van der Waals surface area contributed by atoms with E-state index >= 15 is 0 Å². The molecule has 0 aromatic rings. The van der Waals surface area contributed by atoms with Crippen molar-refractivity contribution in [3.63, 3.8) is 0 Å². The van der Waals surface area contributed by atoms with Gasteiger partial charge in [0.25, 0.3) is 0 Å². The van der Waals surface area contributed by atoms with E-state index in [4.69, 9.17) is 5.41 Å². The molecule has 0 atom stereocenters. The Hall–Kier alpha value is -0.730. The van der Waals surface area contributed by atoms with Gasteiger partial charge in [0.1, 0.15) is 0 Å². The highest BCUT2D eigenvalue weighted by atomic mass is 14.9. The van der Waals surface area contributed by atoms with Gasteiger partial charge in [0.15, 0.2) is 5.96 Å². The first-order valence-corrected chi connectivity index (χ1v) is 3.83. The van der Waals surface area contributed by atoms with Crippen molar-refractivity contribution in [2.75, 3.05) is 0 Å². The zero-order valence-corrected chi connectivity index (χ0v) is 6.40. The third kappa shape index (κ3) is 10.3. The van der Waals surface area contributed by atoms with Crippen LogP contribution in [-0.2, 0) is 0 Å². The van der Waals surface area contributed by atoms with E-state index in [1.807, 2.05) is 0 Å². The van der Waals surface area contributed by atoms with Crippen LogP contribution in [-0.4, -0.2) is 5.96 Å². The van der Waals surface area contributed by atoms with Crippen LogP contribution in [0.5, 0.6) is 0 Å². The Bertz CT molecular complexity index is 71.3. The molecule has 3 heteroatoms. The maximum atomic E-state index is 6.06. The molecule has 1 rings (SSSR count). The second-order valence-corrected chi connectivity index (χ2v) is 2.58. The average Bonchev–Trinajstić information content (AvgIpc) is 1.90. The van der Waals surface area contributed by atoms with Gasteiger partial charge in [0.2, 0.25) is 0 Å². The van der Waals surface area contributed by atoms with Crippen LogP contribution in [0.3, 0.4) is 0 Å². The van der Waals surface area contributed by atoms with Crippen LogP contribution in [0.15, 0.2) is 0 Å². The van der Waals surface area contributed by atoms with Gasteiger partial charge in [0, 0.05) is 0 Å². The third-order valence-electron chi connectivity index (χ3n) is 1.50. The van der Waals surface area contributed by atoms with Crippen LogP contribution >= 0.6 is 0 Å². The number of rotatable bonds is 0. The van der Waals surface area contributed by atoms with Gasteiger partial charge in [-0.25, -0.2) is 0 Å². The van der Waals surface area contributed by atoms with Gasteiger partial charge in [-0.05, 0) is 0 Å². The highest BCUT2D eigenvalue weighted by molar-refractivity contribution is 5.71. The van der Waals surface area contributed by atoms with Gasteiger partial charge in [-0.1, -0.05) is 38.5 Å². The van der Waals surface area contributed by atoms with Crippen LogP contribution in [0.25, 0.3) is 0 Å². The van der Waals surface area contributed by atoms with Crippen molar-refractivity contribution in [1.29, 1.82) is 5.41 Å². The van der Waals surface area contributed by atoms with E-state index < -0.39 is 0 Å². The summed E-state index contributed by atoms with van der Waals surface area (Å²) in [7, 11) is 0. The van der Waals surface area contributed by atoms with E-state index in [0.717, 1.165) is 0 Å². The first kappa shape index (κ1) is 9.27. The molecule has 0 spiro atoms. The fourth-order valence-electron chi connectivity index (χ4n) is 1.06. The van der Waals surface area contributed by atoms with E-state index in [0.29, 0.717) is 0 Å². The summed E-state index contributed by atoms with van der Waals surface area (Å²) in [5.74, 6) is -0.333. The molecule has 1 fully saturated rings. The molecule has 0 radical (unpaired) electrons. The third-order valence-corrected chi connectivity index (χ3v) is 1.50. The lowest BCUT2D eigenvalue weighted by molar-refractivity contribution is 0.504. The van der Waals surface area contributed by atoms with Crippen LogP contribution in [0, 0.1) is 5.41 Å². The Morgan fingerprint density at radius 1 is 0.800 bits per heavy atom. The summed E-state index contributed by atoms with van der Waals surface area (Å²) < 4.78 is 0. The summed E-state index contributed by atoms with van der Waals surface area (Å²) in [5.41, 5.74) is 8.94. The molecule has 0 aromatic carbocycles. The summed E-state index contributed by atoms with van der Waals surface area (Å²) in [6, 6.07) is 0. The quantitative estimate of drug-likeness (QED) is 0.352. The topological polar surface area (TPSA) is 75.9 Å². The molecule has 10 heavy (non-hydrogen) atoms. The average molecular weight is 143 g/mol. The maximum Gasteiger partial charge on any atom is 0.183 e. The van der Waals surface area contributed by atoms with Crippen molar-refractivity contribution in [2.45, 2.75) is 38.5 Å². The second kappa shape index (κ2) is 6.39. The van der Waals surface area contributed by atoms with Crippen molar-refractivity contribution < 1.29 is 0 Å². The zero-order valence-electron chi connectivity index (χ0n) is 6.40. The number of nitrogens with one attached hydrogen (secondary N) is 1. The summed E-state index contributed by atoms with van der Waals surface area (Å²) in [6.07, 6.45) is 9.00. The molecular weight excluding hydrogens is 126 g/mol. The van der Waals surface area contributed by atoms with E-state index in [-0.39, 0.29) is 5.96 Å². The molecular formula is C7H17N3. The lowest BCUT2D eigenvalue weighted by atomic mass is 10.0. The zero-order chi connectivity index (χ0) is 7.82. The fourth-order valence-corrected chi connectivity index (χ4v) is 1.06. The minimum Gasteiger partial charge on any atom is -0.370 e. The number of nitrogens with two attached hydrogens (primary N) is 2. The van der Waals surface area contributed by atoms with Crippen molar-refractivity contribution >= 4 is 5.96 Å². The summed E-state index contributed by atoms with van der Waals surface area (Å²) in [6.45, 7) is 0. The molecule has 0 bridgehead atoms. The van der Waals surface area contributed by atoms with E-state index in [1.165, 1.54) is 38.5 Å². The largest absolute Gasteiger partial charge is 0.370 e. The van der Waals surface area contributed by atoms with Gasteiger partial charge < -0.3 is 11.5 Å². The predicted molar refractivity (Wildman–Crippen MR) is 43.8 cm³/mol. The Kier molecular flexibility index (Phi) is 5.92. The van der Waals surface area contributed by atoms with Crippen molar-refractivity contribution in [1.82, 2.24) is 0 Å². The molecule has 1 aliphatic carbocycles. The Balaban J connectivity index is 0.000000180. The Morgan fingerprint density at radius 2 is 0.900 bits per heavy atom. The van der Waals surface area contributed by atoms with Crippen molar-refractivity contribution in [2.24, 2.45) is 11.5 Å². The molecule has 0 saturated heterocycles. The second-order valence-electron chi connectivity index (χ2n) is 2.58. The van der Waals surface area contributed by atoms with Crippen LogP contribution in [0.2, 0.25) is 0 Å². The number of hydrogen-bond donors (Lipinski definition) is 3. The molecule has 5 N–H and O–H groups in total. The van der Waals surface area contributed by atoms with E-state index in [9.17, 15) is 0 Å². The van der Waals surface area contributed by atoms with Gasteiger partial charge in [-0.2, -0.15) is 0 Å². The first-order chi connectivity index (χ1) is 4.73. The van der Waals surface area contributed by atoms with Gasteiger partial charge in [-0.3, -0.25) is 5.41 Å². The van der Waals surface area contributed by atoms with Crippen LogP contribution in [0.4, 0.5) is 0 Å². The first-order valence-electron chi connectivity index (χ1n) is 3.83. The highest BCUT2D eigenvalue weighted by Crippen LogP contribution is 2.15. The van der Waals surface area contributed by atoms with Gasteiger partial charge in [-0.15, -0.1) is 0 Å². The number of hydrogen-bond acceptors (Lipinski definition) is 1. The minimum absolute atomic E-state index is 0.333. The normalized spacial score (nSPS) is 16.8. The molecule has 0 aromatic heterocycles. The lowest BCUT2D eigenvalue weighted by Gasteiger charge is -2.05. The van der Waals surface area contributed by atoms with Crippen molar-refractivity contribution in [3.05, 3.63) is 0 Å². The molecule has 0 amide bonds. The summed E-state index contributed by atoms with van der Waals surface area (Å²) in [4.78, 5) is 0. The smallest absolute Gasteiger partial charge is 0.183 e. The molecule has 1 saturated carbocycles. The van der Waals surface area contributed by atoms with Gasteiger partial charge >= 0.3 is 0 Å². The molecule has 0 heterocycles. The standard InChI is InChI=1S/C6H12.CH5N3/c1-2-4-6-5-3-1;2-1(3)4/h1-6H2;(H5,2,3,4). The number of guanidine groups is 1. The van der Waals surface area contributed by atoms with E-state index in [2.05, 4.69) is 11.5 Å².